The zero-order chi connectivity index (χ0) is 18.0. The monoisotopic (exact) mass is 362 g/mol. The van der Waals surface area contributed by atoms with Gasteiger partial charge in [-0.3, -0.25) is 9.59 Å². The van der Waals surface area contributed by atoms with Crippen LogP contribution in [0, 0.1) is 13.8 Å². The van der Waals surface area contributed by atoms with E-state index in [1.165, 1.54) is 12.3 Å². The molecular formula is C17H19ClN4O3. The summed E-state index contributed by atoms with van der Waals surface area (Å²) in [6.45, 7) is 4.80. The highest BCUT2D eigenvalue weighted by atomic mass is 35.5. The highest BCUT2D eigenvalue weighted by Crippen LogP contribution is 2.19. The minimum Gasteiger partial charge on any atom is -0.472 e. The molecule has 3 rings (SSSR count). The number of hydrogen-bond acceptors (Lipinski definition) is 5. The molecule has 1 N–H and O–H groups in total. The number of piperidine rings is 1. The third-order valence-corrected chi connectivity index (χ3v) is 4.28. The molecule has 2 aromatic rings. The van der Waals surface area contributed by atoms with Crippen molar-refractivity contribution < 1.29 is 9.53 Å². The van der Waals surface area contributed by atoms with Gasteiger partial charge in [-0.05, 0) is 32.8 Å². The lowest BCUT2D eigenvalue weighted by molar-refractivity contribution is 0.0526. The van der Waals surface area contributed by atoms with Crippen molar-refractivity contribution in [3.05, 3.63) is 50.8 Å². The molecule has 0 saturated carbocycles. The average Bonchev–Trinajstić information content (AvgIpc) is 2.56. The molecule has 0 spiro atoms. The number of hydrogen-bond donors (Lipinski definition) is 1. The summed E-state index contributed by atoms with van der Waals surface area (Å²) in [5, 5.41) is 0.00240. The molecule has 1 amide bonds. The lowest BCUT2D eigenvalue weighted by Gasteiger charge is -2.32. The summed E-state index contributed by atoms with van der Waals surface area (Å²) in [7, 11) is 0. The average molecular weight is 363 g/mol. The molecule has 1 aliphatic rings. The molecule has 0 radical (unpaired) electrons. The van der Waals surface area contributed by atoms with E-state index >= 15 is 0 Å². The Morgan fingerprint density at radius 3 is 2.88 bits per heavy atom. The molecule has 8 heteroatoms. The maximum absolute atomic E-state index is 12.6. The Balaban J connectivity index is 1.70. The van der Waals surface area contributed by atoms with Gasteiger partial charge in [0.1, 0.15) is 17.0 Å². The fourth-order valence-corrected chi connectivity index (χ4v) is 3.07. The highest BCUT2D eigenvalue weighted by molar-refractivity contribution is 6.30. The van der Waals surface area contributed by atoms with Crippen LogP contribution in [0.3, 0.4) is 0 Å². The van der Waals surface area contributed by atoms with Gasteiger partial charge in [0.25, 0.3) is 11.5 Å². The van der Waals surface area contributed by atoms with E-state index in [4.69, 9.17) is 16.3 Å². The van der Waals surface area contributed by atoms with Crippen LogP contribution < -0.4 is 10.3 Å². The number of carbonyl (C=O) groups excluding carboxylic acids is 1. The van der Waals surface area contributed by atoms with Crippen molar-refractivity contribution in [3.63, 3.8) is 0 Å². The van der Waals surface area contributed by atoms with Gasteiger partial charge in [-0.15, -0.1) is 0 Å². The first-order valence-electron chi connectivity index (χ1n) is 8.09. The van der Waals surface area contributed by atoms with Crippen molar-refractivity contribution >= 4 is 17.5 Å². The summed E-state index contributed by atoms with van der Waals surface area (Å²) in [6, 6.07) is 3.18. The predicted molar refractivity (Wildman–Crippen MR) is 93.1 cm³/mol. The maximum Gasteiger partial charge on any atom is 0.266 e. The van der Waals surface area contributed by atoms with Crippen molar-refractivity contribution in [2.24, 2.45) is 0 Å². The Morgan fingerprint density at radius 1 is 1.36 bits per heavy atom. The number of carbonyl (C=O) groups is 1. The molecule has 2 aromatic heterocycles. The summed E-state index contributed by atoms with van der Waals surface area (Å²) in [5.74, 6) is 1.000. The number of aryl methyl sites for hydroxylation is 2. The number of pyridine rings is 1. The number of aromatic nitrogens is 3. The van der Waals surface area contributed by atoms with E-state index in [1.807, 2.05) is 13.8 Å². The van der Waals surface area contributed by atoms with E-state index in [1.54, 1.807) is 11.0 Å². The second-order valence-corrected chi connectivity index (χ2v) is 6.50. The van der Waals surface area contributed by atoms with Crippen LogP contribution in [0.2, 0.25) is 5.02 Å². The normalized spacial score (nSPS) is 17.4. The number of ether oxygens (including phenoxy) is 1. The molecule has 1 fully saturated rings. The number of aromatic amines is 1. The molecular weight excluding hydrogens is 344 g/mol. The molecule has 1 unspecified atom stereocenters. The van der Waals surface area contributed by atoms with Crippen molar-refractivity contribution in [2.75, 3.05) is 13.1 Å². The second-order valence-electron chi connectivity index (χ2n) is 6.09. The summed E-state index contributed by atoms with van der Waals surface area (Å²) in [6.07, 6.45) is 2.93. The van der Waals surface area contributed by atoms with Crippen LogP contribution in [-0.2, 0) is 0 Å². The molecule has 25 heavy (non-hydrogen) atoms. The van der Waals surface area contributed by atoms with Gasteiger partial charge in [-0.1, -0.05) is 11.6 Å². The Kier molecular flexibility index (Phi) is 5.03. The van der Waals surface area contributed by atoms with Crippen molar-refractivity contribution in [2.45, 2.75) is 32.8 Å². The van der Waals surface area contributed by atoms with E-state index in [0.717, 1.165) is 18.5 Å². The molecule has 0 aliphatic carbocycles. The van der Waals surface area contributed by atoms with Crippen LogP contribution >= 0.6 is 11.6 Å². The number of likely N-dealkylation sites (tertiary alicyclic amines) is 1. The standard InChI is InChI=1S/C17H19ClN4O3/c1-10-6-15(21-11(2)20-10)25-13-4-3-5-22(9-13)17(24)12-7-14(18)16(23)19-8-12/h6-8,13H,3-5,9H2,1-2H3,(H,19,23). The number of amides is 1. The SMILES string of the molecule is Cc1cc(OC2CCCN(C(=O)c3c[nH]c(=O)c(Cl)c3)C2)nc(C)n1. The van der Waals surface area contributed by atoms with Gasteiger partial charge in [0.2, 0.25) is 5.88 Å². The van der Waals surface area contributed by atoms with E-state index in [0.29, 0.717) is 30.4 Å². The van der Waals surface area contributed by atoms with Crippen LogP contribution in [0.5, 0.6) is 5.88 Å². The number of H-pyrrole nitrogens is 1. The summed E-state index contributed by atoms with van der Waals surface area (Å²) >= 11 is 5.81. The van der Waals surface area contributed by atoms with E-state index in [9.17, 15) is 9.59 Å². The molecule has 0 aromatic carbocycles. The van der Waals surface area contributed by atoms with Crippen LogP contribution in [0.1, 0.15) is 34.7 Å². The molecule has 1 saturated heterocycles. The van der Waals surface area contributed by atoms with Gasteiger partial charge in [-0.2, -0.15) is 4.98 Å². The van der Waals surface area contributed by atoms with Gasteiger partial charge in [0.15, 0.2) is 0 Å². The fraction of sp³-hybridized carbons (Fsp3) is 0.412. The van der Waals surface area contributed by atoms with Gasteiger partial charge >= 0.3 is 0 Å². The van der Waals surface area contributed by atoms with E-state index in [2.05, 4.69) is 15.0 Å². The van der Waals surface area contributed by atoms with Gasteiger partial charge in [0.05, 0.1) is 12.1 Å². The topological polar surface area (TPSA) is 88.2 Å². The quantitative estimate of drug-likeness (QED) is 0.903. The van der Waals surface area contributed by atoms with Crippen molar-refractivity contribution in [3.8, 4) is 5.88 Å². The number of nitrogens with zero attached hydrogens (tertiary/aromatic N) is 3. The Morgan fingerprint density at radius 2 is 2.16 bits per heavy atom. The lowest BCUT2D eigenvalue weighted by Crippen LogP contribution is -2.44. The highest BCUT2D eigenvalue weighted by Gasteiger charge is 2.26. The van der Waals surface area contributed by atoms with E-state index < -0.39 is 5.56 Å². The summed E-state index contributed by atoms with van der Waals surface area (Å²) in [5.41, 5.74) is 0.792. The number of halogens is 1. The van der Waals surface area contributed by atoms with Crippen molar-refractivity contribution in [1.82, 2.24) is 19.9 Å². The Labute approximate surface area is 150 Å². The Hall–Kier alpha value is -2.41. The smallest absolute Gasteiger partial charge is 0.266 e. The van der Waals surface area contributed by atoms with E-state index in [-0.39, 0.29) is 17.0 Å². The first-order valence-corrected chi connectivity index (χ1v) is 8.46. The first-order chi connectivity index (χ1) is 11.9. The minimum absolute atomic E-state index is 0.00240. The van der Waals surface area contributed by atoms with Crippen LogP contribution in [-0.4, -0.2) is 45.0 Å². The van der Waals surface area contributed by atoms with Gasteiger partial charge < -0.3 is 14.6 Å². The molecule has 132 valence electrons. The summed E-state index contributed by atoms with van der Waals surface area (Å²) < 4.78 is 5.95. The molecule has 7 nitrogen and oxygen atoms in total. The van der Waals surface area contributed by atoms with Crippen LogP contribution in [0.4, 0.5) is 0 Å². The summed E-state index contributed by atoms with van der Waals surface area (Å²) in [4.78, 5) is 36.7. The number of rotatable bonds is 3. The predicted octanol–water partition coefficient (Wildman–Crippen LogP) is 2.12. The first kappa shape index (κ1) is 17.4. The van der Waals surface area contributed by atoms with Gasteiger partial charge in [-0.25, -0.2) is 4.98 Å². The second kappa shape index (κ2) is 7.23. The zero-order valence-corrected chi connectivity index (χ0v) is 14.8. The molecule has 0 bridgehead atoms. The maximum atomic E-state index is 12.6. The molecule has 3 heterocycles. The van der Waals surface area contributed by atoms with Crippen LogP contribution in [0.15, 0.2) is 23.1 Å². The largest absolute Gasteiger partial charge is 0.472 e. The third-order valence-electron chi connectivity index (χ3n) is 4.00. The Bertz CT molecular complexity index is 832. The minimum atomic E-state index is -0.410. The number of nitrogens with one attached hydrogen (secondary N) is 1. The third kappa shape index (κ3) is 4.17. The molecule has 1 aliphatic heterocycles. The van der Waals surface area contributed by atoms with Crippen LogP contribution in [0.25, 0.3) is 0 Å². The zero-order valence-electron chi connectivity index (χ0n) is 14.1. The van der Waals surface area contributed by atoms with Crippen molar-refractivity contribution in [1.29, 1.82) is 0 Å². The lowest BCUT2D eigenvalue weighted by atomic mass is 10.1. The van der Waals surface area contributed by atoms with Gasteiger partial charge in [0, 0.05) is 24.5 Å². The fourth-order valence-electron chi connectivity index (χ4n) is 2.89. The molecule has 1 atom stereocenters.